The zero-order chi connectivity index (χ0) is 18.7. The van der Waals surface area contributed by atoms with Crippen molar-refractivity contribution in [1.29, 1.82) is 0 Å². The fourth-order valence-electron chi connectivity index (χ4n) is 2.75. The monoisotopic (exact) mass is 433 g/mol. The van der Waals surface area contributed by atoms with Crippen molar-refractivity contribution in [1.82, 2.24) is 24.9 Å². The highest BCUT2D eigenvalue weighted by atomic mass is 79.9. The molecule has 1 N–H and O–H groups in total. The molecule has 0 saturated heterocycles. The highest BCUT2D eigenvalue weighted by molar-refractivity contribution is 9.10. The van der Waals surface area contributed by atoms with E-state index >= 15 is 0 Å². The maximum atomic E-state index is 13.1. The Morgan fingerprint density at radius 3 is 2.73 bits per heavy atom. The summed E-state index contributed by atoms with van der Waals surface area (Å²) < 4.78 is 42.3. The molecule has 0 aliphatic heterocycles. The van der Waals surface area contributed by atoms with Crippen LogP contribution in [0.5, 0.6) is 0 Å². The number of carbonyl (C=O) groups excluding carboxylic acids is 1. The Labute approximate surface area is 156 Å². The van der Waals surface area contributed by atoms with E-state index in [0.717, 1.165) is 19.3 Å². The predicted octanol–water partition coefficient (Wildman–Crippen LogP) is 3.33. The van der Waals surface area contributed by atoms with Crippen LogP contribution in [0, 0.1) is 0 Å². The summed E-state index contributed by atoms with van der Waals surface area (Å²) in [5.41, 5.74) is -0.372. The van der Waals surface area contributed by atoms with Gasteiger partial charge >= 0.3 is 6.18 Å². The summed E-state index contributed by atoms with van der Waals surface area (Å²) >= 11 is 3.04. The smallest absolute Gasteiger partial charge is 0.356 e. The van der Waals surface area contributed by atoms with Crippen molar-refractivity contribution in [2.75, 3.05) is 6.54 Å². The van der Waals surface area contributed by atoms with E-state index in [2.05, 4.69) is 31.4 Å². The van der Waals surface area contributed by atoms with Gasteiger partial charge in [0.2, 0.25) is 5.91 Å². The molecule has 1 fully saturated rings. The molecular weight excluding hydrogens is 415 g/mol. The minimum absolute atomic E-state index is 0.00660. The van der Waals surface area contributed by atoms with Crippen molar-refractivity contribution >= 4 is 21.8 Å². The summed E-state index contributed by atoms with van der Waals surface area (Å²) in [6.07, 6.45) is 1.53. The Bertz CT molecular complexity index is 753. The highest BCUT2D eigenvalue weighted by Crippen LogP contribution is 2.46. The van der Waals surface area contributed by atoms with Crippen LogP contribution in [0.15, 0.2) is 22.9 Å². The number of carbonyl (C=O) groups is 1. The van der Waals surface area contributed by atoms with E-state index in [0.29, 0.717) is 18.8 Å². The first-order valence-corrected chi connectivity index (χ1v) is 9.23. The zero-order valence-corrected chi connectivity index (χ0v) is 15.6. The molecule has 6 nitrogen and oxygen atoms in total. The molecule has 26 heavy (non-hydrogen) atoms. The third-order valence-electron chi connectivity index (χ3n) is 4.16. The number of rotatable bonds is 8. The molecule has 2 heterocycles. The lowest BCUT2D eigenvalue weighted by Gasteiger charge is -2.08. The third kappa shape index (κ3) is 4.66. The molecule has 1 aliphatic rings. The largest absolute Gasteiger partial charge is 0.436 e. The number of hydrogen-bond acceptors (Lipinski definition) is 3. The normalized spacial score (nSPS) is 14.6. The van der Waals surface area contributed by atoms with E-state index in [4.69, 9.17) is 0 Å². The van der Waals surface area contributed by atoms with Gasteiger partial charge in [-0.05, 0) is 41.3 Å². The Morgan fingerprint density at radius 2 is 2.12 bits per heavy atom. The summed E-state index contributed by atoms with van der Waals surface area (Å²) in [6, 6.07) is 1.83. The van der Waals surface area contributed by atoms with Crippen LogP contribution < -0.4 is 5.32 Å². The van der Waals surface area contributed by atoms with Crippen molar-refractivity contribution < 1.29 is 18.0 Å². The topological polar surface area (TPSA) is 64.7 Å². The lowest BCUT2D eigenvalue weighted by atomic mass is 10.2. The molecule has 2 aromatic heterocycles. The van der Waals surface area contributed by atoms with Crippen LogP contribution in [0.2, 0.25) is 0 Å². The number of amides is 1. The predicted molar refractivity (Wildman–Crippen MR) is 91.4 cm³/mol. The molecule has 0 unspecified atom stereocenters. The molecule has 1 aliphatic carbocycles. The van der Waals surface area contributed by atoms with Crippen molar-refractivity contribution in [2.24, 2.45) is 0 Å². The van der Waals surface area contributed by atoms with Crippen LogP contribution in [0.25, 0.3) is 0 Å². The molecule has 1 saturated carbocycles. The average Bonchev–Trinajstić information content (AvgIpc) is 3.14. The summed E-state index contributed by atoms with van der Waals surface area (Å²) in [5.74, 6) is -0.113. The van der Waals surface area contributed by atoms with Gasteiger partial charge in [-0.15, -0.1) is 0 Å². The van der Waals surface area contributed by atoms with Crippen molar-refractivity contribution in [3.63, 3.8) is 0 Å². The molecule has 2 aromatic rings. The van der Waals surface area contributed by atoms with E-state index in [-0.39, 0.29) is 29.3 Å². The Hall–Kier alpha value is -1.84. The van der Waals surface area contributed by atoms with Gasteiger partial charge < -0.3 is 5.32 Å². The lowest BCUT2D eigenvalue weighted by Crippen LogP contribution is -2.26. The Kier molecular flexibility index (Phi) is 5.69. The highest BCUT2D eigenvalue weighted by Gasteiger charge is 2.41. The zero-order valence-electron chi connectivity index (χ0n) is 14.0. The second-order valence-electron chi connectivity index (χ2n) is 6.27. The fourth-order valence-corrected chi connectivity index (χ4v) is 3.58. The summed E-state index contributed by atoms with van der Waals surface area (Å²) in [6.45, 7) is 1.32. The summed E-state index contributed by atoms with van der Waals surface area (Å²) in [5, 5.41) is 10.5. The first-order valence-electron chi connectivity index (χ1n) is 8.44. The molecule has 142 valence electrons. The van der Waals surface area contributed by atoms with Gasteiger partial charge in [-0.1, -0.05) is 0 Å². The molecule has 0 bridgehead atoms. The van der Waals surface area contributed by atoms with Gasteiger partial charge in [0.1, 0.15) is 0 Å². The van der Waals surface area contributed by atoms with Gasteiger partial charge in [0.25, 0.3) is 0 Å². The maximum absolute atomic E-state index is 13.1. The molecule has 0 aromatic carbocycles. The molecule has 0 spiro atoms. The van der Waals surface area contributed by atoms with Crippen LogP contribution >= 0.6 is 15.9 Å². The van der Waals surface area contributed by atoms with Crippen molar-refractivity contribution in [3.8, 4) is 0 Å². The Balaban J connectivity index is 1.51. The van der Waals surface area contributed by atoms with Gasteiger partial charge in [0, 0.05) is 37.8 Å². The first-order chi connectivity index (χ1) is 12.4. The van der Waals surface area contributed by atoms with Crippen molar-refractivity contribution in [3.05, 3.63) is 34.3 Å². The van der Waals surface area contributed by atoms with E-state index in [9.17, 15) is 18.0 Å². The number of alkyl halides is 3. The molecule has 3 rings (SSSR count). The van der Waals surface area contributed by atoms with E-state index in [1.807, 2.05) is 12.3 Å². The second kappa shape index (κ2) is 7.81. The second-order valence-corrected chi connectivity index (χ2v) is 7.06. The van der Waals surface area contributed by atoms with E-state index in [1.165, 1.54) is 4.68 Å². The van der Waals surface area contributed by atoms with Gasteiger partial charge in [-0.25, -0.2) is 0 Å². The van der Waals surface area contributed by atoms with Gasteiger partial charge in [0.05, 0.1) is 16.7 Å². The average molecular weight is 434 g/mol. The number of nitrogens with one attached hydrogen (secondary N) is 1. The minimum Gasteiger partial charge on any atom is -0.356 e. The molecular formula is C16H19BrF3N5O. The Morgan fingerprint density at radius 1 is 1.35 bits per heavy atom. The van der Waals surface area contributed by atoms with Gasteiger partial charge in [-0.3, -0.25) is 14.2 Å². The standard InChI is InChI=1S/C16H19BrF3N5O/c17-13-14(11-3-4-11)25(23-15(13)16(18,19)20)10-5-12(26)21-6-1-8-24-9-2-7-22-24/h2,7,9,11H,1,3-6,8,10H2,(H,21,26). The van der Waals surface area contributed by atoms with Crippen LogP contribution in [0.3, 0.4) is 0 Å². The number of aryl methyl sites for hydroxylation is 2. The number of aromatic nitrogens is 4. The van der Waals surface area contributed by atoms with E-state index < -0.39 is 11.9 Å². The number of nitrogens with zero attached hydrogens (tertiary/aromatic N) is 4. The van der Waals surface area contributed by atoms with Crippen LogP contribution in [0.4, 0.5) is 13.2 Å². The van der Waals surface area contributed by atoms with Crippen LogP contribution in [-0.2, 0) is 24.1 Å². The van der Waals surface area contributed by atoms with Crippen molar-refractivity contribution in [2.45, 2.75) is 50.9 Å². The van der Waals surface area contributed by atoms with Crippen LogP contribution in [0.1, 0.15) is 43.0 Å². The quantitative estimate of drug-likeness (QED) is 0.649. The summed E-state index contributed by atoms with van der Waals surface area (Å²) in [7, 11) is 0. The first kappa shape index (κ1) is 18.9. The minimum atomic E-state index is -4.51. The molecule has 0 radical (unpaired) electrons. The molecule has 10 heteroatoms. The van der Waals surface area contributed by atoms with Gasteiger partial charge in [-0.2, -0.15) is 23.4 Å². The molecule has 1 amide bonds. The van der Waals surface area contributed by atoms with E-state index in [1.54, 1.807) is 10.9 Å². The van der Waals surface area contributed by atoms with Crippen LogP contribution in [-0.4, -0.2) is 32.0 Å². The number of halogens is 4. The fraction of sp³-hybridized carbons (Fsp3) is 0.562. The maximum Gasteiger partial charge on any atom is 0.436 e. The SMILES string of the molecule is O=C(CCn1nc(C(F)(F)F)c(Br)c1C1CC1)NCCCn1cccn1. The summed E-state index contributed by atoms with van der Waals surface area (Å²) in [4.78, 5) is 12.0. The third-order valence-corrected chi connectivity index (χ3v) is 4.94. The van der Waals surface area contributed by atoms with Gasteiger partial charge in [0.15, 0.2) is 5.69 Å². The molecule has 0 atom stereocenters. The number of hydrogen-bond donors (Lipinski definition) is 1. The lowest BCUT2D eigenvalue weighted by molar-refractivity contribution is -0.142.